The van der Waals surface area contributed by atoms with Crippen molar-refractivity contribution >= 4 is 21.9 Å². The molecule has 32 heavy (non-hydrogen) atoms. The largest absolute Gasteiger partial charge is 0.495 e. The number of nitrogens with one attached hydrogen (secondary N) is 2. The molecular formula is C24H17N7O. The van der Waals surface area contributed by atoms with Crippen LogP contribution in [0.2, 0.25) is 0 Å². The number of hydrogen-bond donors (Lipinski definition) is 2. The van der Waals surface area contributed by atoms with Gasteiger partial charge in [0.15, 0.2) is 5.82 Å². The lowest BCUT2D eigenvalue weighted by molar-refractivity contribution is 0.413. The molecule has 2 N–H and O–H groups in total. The van der Waals surface area contributed by atoms with Crippen LogP contribution >= 0.6 is 0 Å². The lowest BCUT2D eigenvalue weighted by Crippen LogP contribution is -1.88. The van der Waals surface area contributed by atoms with Gasteiger partial charge in [0, 0.05) is 29.5 Å². The van der Waals surface area contributed by atoms with Crippen LogP contribution in [0, 0.1) is 0 Å². The van der Waals surface area contributed by atoms with Crippen LogP contribution in [-0.2, 0) is 0 Å². The van der Waals surface area contributed by atoms with Gasteiger partial charge in [-0.1, -0.05) is 12.1 Å². The van der Waals surface area contributed by atoms with Gasteiger partial charge in [0.2, 0.25) is 0 Å². The van der Waals surface area contributed by atoms with Crippen LogP contribution in [0.25, 0.3) is 56.0 Å². The molecule has 154 valence electrons. The Hall–Kier alpha value is -4.59. The summed E-state index contributed by atoms with van der Waals surface area (Å²) in [5.41, 5.74) is 6.77. The predicted molar refractivity (Wildman–Crippen MR) is 122 cm³/mol. The van der Waals surface area contributed by atoms with Crippen LogP contribution in [0.1, 0.15) is 0 Å². The van der Waals surface area contributed by atoms with Crippen LogP contribution in [0.3, 0.4) is 0 Å². The topological polar surface area (TPSA) is 105 Å². The molecule has 0 saturated carbocycles. The SMILES string of the molecule is COc1cncc(-c2ccc3[nH]nc(-c4nc5c(-c6ccccn6)nccc5[nH]4)c3c2)c1. The molecule has 5 aromatic heterocycles. The fraction of sp³-hybridized carbons (Fsp3) is 0.0417. The molecule has 0 aliphatic rings. The van der Waals surface area contributed by atoms with Crippen molar-refractivity contribution in [1.82, 2.24) is 35.1 Å². The molecule has 0 atom stereocenters. The van der Waals surface area contributed by atoms with Crippen LogP contribution < -0.4 is 4.74 Å². The van der Waals surface area contributed by atoms with Gasteiger partial charge < -0.3 is 9.72 Å². The molecule has 0 spiro atoms. The minimum Gasteiger partial charge on any atom is -0.495 e. The number of H-pyrrole nitrogens is 2. The van der Waals surface area contributed by atoms with Gasteiger partial charge in [-0.15, -0.1) is 0 Å². The van der Waals surface area contributed by atoms with Crippen molar-refractivity contribution in [1.29, 1.82) is 0 Å². The first-order chi connectivity index (χ1) is 15.8. The monoisotopic (exact) mass is 419 g/mol. The fourth-order valence-electron chi connectivity index (χ4n) is 3.80. The minimum absolute atomic E-state index is 0.664. The smallest absolute Gasteiger partial charge is 0.159 e. The van der Waals surface area contributed by atoms with E-state index in [0.717, 1.165) is 50.1 Å². The van der Waals surface area contributed by atoms with Gasteiger partial charge in [-0.2, -0.15) is 5.10 Å². The van der Waals surface area contributed by atoms with E-state index in [0.29, 0.717) is 11.6 Å². The molecule has 5 heterocycles. The Morgan fingerprint density at radius 1 is 0.844 bits per heavy atom. The number of aromatic amines is 2. The van der Waals surface area contributed by atoms with E-state index in [2.05, 4.69) is 36.2 Å². The number of ether oxygens (including phenoxy) is 1. The number of imidazole rings is 1. The molecule has 0 aliphatic carbocycles. The second-order valence-corrected chi connectivity index (χ2v) is 7.30. The summed E-state index contributed by atoms with van der Waals surface area (Å²) in [6, 6.07) is 15.7. The minimum atomic E-state index is 0.664. The summed E-state index contributed by atoms with van der Waals surface area (Å²) in [6.07, 6.45) is 7.01. The number of hydrogen-bond acceptors (Lipinski definition) is 6. The molecule has 0 amide bonds. The second kappa shape index (κ2) is 7.28. The number of fused-ring (bicyclic) bond motifs is 2. The van der Waals surface area contributed by atoms with Gasteiger partial charge in [-0.25, -0.2) is 4.98 Å². The van der Waals surface area contributed by atoms with Gasteiger partial charge in [0.25, 0.3) is 0 Å². The molecular weight excluding hydrogens is 402 g/mol. The number of aromatic nitrogens is 7. The molecule has 6 aromatic rings. The number of pyridine rings is 3. The Labute approximate surface area is 182 Å². The van der Waals surface area contributed by atoms with Crippen molar-refractivity contribution in [2.24, 2.45) is 0 Å². The normalized spacial score (nSPS) is 11.3. The zero-order chi connectivity index (χ0) is 21.5. The maximum absolute atomic E-state index is 5.32. The molecule has 0 saturated heterocycles. The van der Waals surface area contributed by atoms with Crippen molar-refractivity contribution in [3.63, 3.8) is 0 Å². The Kier molecular flexibility index (Phi) is 4.14. The van der Waals surface area contributed by atoms with Crippen molar-refractivity contribution < 1.29 is 4.74 Å². The van der Waals surface area contributed by atoms with E-state index < -0.39 is 0 Å². The summed E-state index contributed by atoms with van der Waals surface area (Å²) < 4.78 is 5.32. The average molecular weight is 419 g/mol. The zero-order valence-electron chi connectivity index (χ0n) is 17.1. The third-order valence-electron chi connectivity index (χ3n) is 5.38. The van der Waals surface area contributed by atoms with Crippen LogP contribution in [0.4, 0.5) is 0 Å². The Bertz CT molecular complexity index is 1570. The van der Waals surface area contributed by atoms with E-state index in [4.69, 9.17) is 9.72 Å². The highest BCUT2D eigenvalue weighted by atomic mass is 16.5. The van der Waals surface area contributed by atoms with Crippen molar-refractivity contribution in [3.05, 3.63) is 73.3 Å². The first-order valence-corrected chi connectivity index (χ1v) is 10.0. The van der Waals surface area contributed by atoms with E-state index in [1.54, 1.807) is 25.7 Å². The van der Waals surface area contributed by atoms with E-state index in [1.807, 2.05) is 48.7 Å². The molecule has 0 unspecified atom stereocenters. The number of nitrogens with zero attached hydrogens (tertiary/aromatic N) is 5. The molecule has 0 bridgehead atoms. The number of rotatable bonds is 4. The maximum atomic E-state index is 5.32. The van der Waals surface area contributed by atoms with Crippen LogP contribution in [-0.4, -0.2) is 42.2 Å². The highest BCUT2D eigenvalue weighted by Gasteiger charge is 2.16. The van der Waals surface area contributed by atoms with Crippen molar-refractivity contribution in [3.8, 4) is 39.8 Å². The summed E-state index contributed by atoms with van der Waals surface area (Å²) in [7, 11) is 1.63. The molecule has 0 fully saturated rings. The fourth-order valence-corrected chi connectivity index (χ4v) is 3.80. The summed E-state index contributed by atoms with van der Waals surface area (Å²) in [5, 5.41) is 8.59. The zero-order valence-corrected chi connectivity index (χ0v) is 17.1. The van der Waals surface area contributed by atoms with Gasteiger partial charge in [0.1, 0.15) is 22.7 Å². The Morgan fingerprint density at radius 3 is 2.69 bits per heavy atom. The average Bonchev–Trinajstić information content (AvgIpc) is 3.48. The van der Waals surface area contributed by atoms with Gasteiger partial charge in [-0.3, -0.25) is 20.1 Å². The van der Waals surface area contributed by atoms with Gasteiger partial charge in [-0.05, 0) is 42.0 Å². The van der Waals surface area contributed by atoms with E-state index in [9.17, 15) is 0 Å². The van der Waals surface area contributed by atoms with Crippen molar-refractivity contribution in [2.75, 3.05) is 7.11 Å². The summed E-state index contributed by atoms with van der Waals surface area (Å²) >= 11 is 0. The molecule has 6 rings (SSSR count). The molecule has 8 nitrogen and oxygen atoms in total. The Balaban J connectivity index is 1.50. The standard InChI is InChI=1S/C24H17N7O/c1-32-16-10-15(12-25-13-16)14-5-6-18-17(11-14)21(31-30-18)24-28-20-7-9-27-22(23(20)29-24)19-4-2-3-8-26-19/h2-13H,1H3,(H,28,29)(H,30,31). The summed E-state index contributed by atoms with van der Waals surface area (Å²) in [4.78, 5) is 21.4. The van der Waals surface area contributed by atoms with Gasteiger partial charge >= 0.3 is 0 Å². The van der Waals surface area contributed by atoms with E-state index in [1.165, 1.54) is 0 Å². The lowest BCUT2D eigenvalue weighted by atomic mass is 10.0. The number of methoxy groups -OCH3 is 1. The van der Waals surface area contributed by atoms with E-state index >= 15 is 0 Å². The van der Waals surface area contributed by atoms with Crippen LogP contribution in [0.15, 0.2) is 73.3 Å². The number of benzene rings is 1. The highest BCUT2D eigenvalue weighted by Crippen LogP contribution is 2.32. The highest BCUT2D eigenvalue weighted by molar-refractivity contribution is 5.97. The van der Waals surface area contributed by atoms with Crippen LogP contribution in [0.5, 0.6) is 5.75 Å². The molecule has 0 radical (unpaired) electrons. The van der Waals surface area contributed by atoms with Gasteiger partial charge in [0.05, 0.1) is 30.0 Å². The second-order valence-electron chi connectivity index (χ2n) is 7.30. The molecule has 0 aliphatic heterocycles. The first-order valence-electron chi connectivity index (χ1n) is 10.0. The maximum Gasteiger partial charge on any atom is 0.159 e. The summed E-state index contributed by atoms with van der Waals surface area (Å²) in [5.74, 6) is 1.37. The predicted octanol–water partition coefficient (Wildman–Crippen LogP) is 4.63. The quantitative estimate of drug-likeness (QED) is 0.431. The van der Waals surface area contributed by atoms with Crippen molar-refractivity contribution in [2.45, 2.75) is 0 Å². The lowest BCUT2D eigenvalue weighted by Gasteiger charge is -2.04. The first kappa shape index (κ1) is 18.2. The molecule has 8 heteroatoms. The van der Waals surface area contributed by atoms with E-state index in [-0.39, 0.29) is 0 Å². The molecule has 1 aromatic carbocycles. The summed E-state index contributed by atoms with van der Waals surface area (Å²) in [6.45, 7) is 0. The Morgan fingerprint density at radius 2 is 1.81 bits per heavy atom. The third kappa shape index (κ3) is 2.97. The third-order valence-corrected chi connectivity index (χ3v) is 5.38.